The number of hydrogen-bond acceptors (Lipinski definition) is 4. The van der Waals surface area contributed by atoms with Crippen LogP contribution in [-0.4, -0.2) is 27.4 Å². The summed E-state index contributed by atoms with van der Waals surface area (Å²) in [4.78, 5) is 11.8. The summed E-state index contributed by atoms with van der Waals surface area (Å²) in [5, 5.41) is 10.3. The molecule has 0 radical (unpaired) electrons. The van der Waals surface area contributed by atoms with E-state index in [1.807, 2.05) is 0 Å². The minimum atomic E-state index is -0.353. The lowest BCUT2D eigenvalue weighted by Crippen LogP contribution is -2.19. The average molecular weight is 277 g/mol. The topological polar surface area (TPSA) is 85.8 Å². The smallest absolute Gasteiger partial charge is 0.246 e. The van der Waals surface area contributed by atoms with Crippen LogP contribution in [0.2, 0.25) is 0 Å². The Bertz CT molecular complexity index is 611. The normalized spacial score (nSPS) is 10.6. The molecule has 0 bridgehead atoms. The molecule has 3 N–H and O–H groups in total. The van der Waals surface area contributed by atoms with E-state index < -0.39 is 0 Å². The van der Waals surface area contributed by atoms with Gasteiger partial charge in [0.1, 0.15) is 12.4 Å². The minimum Gasteiger partial charge on any atom is -0.330 e. The molecular weight excluding hydrogens is 261 g/mol. The molecule has 1 aromatic heterocycles. The first-order valence-electron chi connectivity index (χ1n) is 6.23. The van der Waals surface area contributed by atoms with E-state index in [0.717, 1.165) is 5.69 Å². The van der Waals surface area contributed by atoms with Gasteiger partial charge in [-0.3, -0.25) is 4.79 Å². The molecule has 0 saturated heterocycles. The number of benzene rings is 1. The number of hydrogen-bond donors (Lipinski definition) is 2. The second kappa shape index (κ2) is 6.25. The molecule has 0 unspecified atom stereocenters. The summed E-state index contributed by atoms with van der Waals surface area (Å²) in [6, 6.07) is 4.55. The fourth-order valence-electron chi connectivity index (χ4n) is 1.70. The van der Waals surface area contributed by atoms with Gasteiger partial charge < -0.3 is 11.1 Å². The van der Waals surface area contributed by atoms with Crippen molar-refractivity contribution in [3.63, 3.8) is 0 Å². The third-order valence-electron chi connectivity index (χ3n) is 2.75. The van der Waals surface area contributed by atoms with Crippen LogP contribution in [0.25, 0.3) is 0 Å². The number of carbonyl (C=O) groups is 1. The molecule has 1 amide bonds. The van der Waals surface area contributed by atoms with Crippen molar-refractivity contribution >= 4 is 11.6 Å². The van der Waals surface area contributed by atoms with Crippen LogP contribution in [0.15, 0.2) is 24.4 Å². The molecule has 0 aliphatic carbocycles. The van der Waals surface area contributed by atoms with Gasteiger partial charge in [0.05, 0.1) is 5.69 Å². The average Bonchev–Trinajstić information content (AvgIpc) is 2.81. The SMILES string of the molecule is Cc1ccc(NC(=O)Cn2cc(CCN)nn2)cc1F. The first kappa shape index (κ1) is 14.1. The number of nitrogens with zero attached hydrogens (tertiary/aromatic N) is 3. The number of aromatic nitrogens is 3. The van der Waals surface area contributed by atoms with Gasteiger partial charge in [-0.25, -0.2) is 9.07 Å². The van der Waals surface area contributed by atoms with E-state index in [-0.39, 0.29) is 18.3 Å². The largest absolute Gasteiger partial charge is 0.330 e. The third kappa shape index (κ3) is 3.61. The van der Waals surface area contributed by atoms with Crippen LogP contribution in [0.3, 0.4) is 0 Å². The zero-order valence-electron chi connectivity index (χ0n) is 11.1. The lowest BCUT2D eigenvalue weighted by Gasteiger charge is -2.06. The lowest BCUT2D eigenvalue weighted by molar-refractivity contribution is -0.116. The molecule has 2 aromatic rings. The first-order chi connectivity index (χ1) is 9.58. The maximum absolute atomic E-state index is 13.4. The van der Waals surface area contributed by atoms with Crippen molar-refractivity contribution in [2.45, 2.75) is 19.9 Å². The van der Waals surface area contributed by atoms with Crippen molar-refractivity contribution in [1.29, 1.82) is 0 Å². The van der Waals surface area contributed by atoms with Gasteiger partial charge in [0.15, 0.2) is 0 Å². The van der Waals surface area contributed by atoms with E-state index in [0.29, 0.717) is 24.2 Å². The highest BCUT2D eigenvalue weighted by molar-refractivity contribution is 5.90. The zero-order chi connectivity index (χ0) is 14.5. The van der Waals surface area contributed by atoms with Gasteiger partial charge in [0, 0.05) is 18.3 Å². The van der Waals surface area contributed by atoms with Gasteiger partial charge in [-0.15, -0.1) is 5.10 Å². The quantitative estimate of drug-likeness (QED) is 0.849. The molecular formula is C13H16FN5O. The fourth-order valence-corrected chi connectivity index (χ4v) is 1.70. The molecule has 0 aliphatic rings. The number of aryl methyl sites for hydroxylation is 1. The van der Waals surface area contributed by atoms with E-state index in [9.17, 15) is 9.18 Å². The monoisotopic (exact) mass is 277 g/mol. The van der Waals surface area contributed by atoms with Gasteiger partial charge in [0.25, 0.3) is 0 Å². The summed E-state index contributed by atoms with van der Waals surface area (Å²) >= 11 is 0. The molecule has 6 nitrogen and oxygen atoms in total. The Morgan fingerprint density at radius 2 is 2.30 bits per heavy atom. The van der Waals surface area contributed by atoms with Crippen LogP contribution in [0, 0.1) is 12.7 Å². The molecule has 7 heteroatoms. The van der Waals surface area contributed by atoms with E-state index >= 15 is 0 Å². The third-order valence-corrected chi connectivity index (χ3v) is 2.75. The zero-order valence-corrected chi connectivity index (χ0v) is 11.1. The van der Waals surface area contributed by atoms with E-state index in [2.05, 4.69) is 15.6 Å². The fraction of sp³-hybridized carbons (Fsp3) is 0.308. The van der Waals surface area contributed by atoms with Gasteiger partial charge in [-0.1, -0.05) is 11.3 Å². The highest BCUT2D eigenvalue weighted by Gasteiger charge is 2.07. The molecule has 0 aliphatic heterocycles. The van der Waals surface area contributed by atoms with Crippen molar-refractivity contribution in [2.75, 3.05) is 11.9 Å². The molecule has 0 fully saturated rings. The molecule has 106 valence electrons. The number of nitrogens with one attached hydrogen (secondary N) is 1. The van der Waals surface area contributed by atoms with Gasteiger partial charge >= 0.3 is 0 Å². The van der Waals surface area contributed by atoms with Gasteiger partial charge in [-0.2, -0.15) is 0 Å². The summed E-state index contributed by atoms with van der Waals surface area (Å²) in [6.07, 6.45) is 2.28. The van der Waals surface area contributed by atoms with Crippen LogP contribution in [0.4, 0.5) is 10.1 Å². The molecule has 20 heavy (non-hydrogen) atoms. The Hall–Kier alpha value is -2.28. The summed E-state index contributed by atoms with van der Waals surface area (Å²) in [5.41, 5.74) is 7.10. The number of anilines is 1. The summed E-state index contributed by atoms with van der Waals surface area (Å²) < 4.78 is 14.8. The van der Waals surface area contributed by atoms with Crippen LogP contribution in [-0.2, 0) is 17.8 Å². The Morgan fingerprint density at radius 1 is 1.50 bits per heavy atom. The molecule has 0 saturated carbocycles. The maximum Gasteiger partial charge on any atom is 0.246 e. The van der Waals surface area contributed by atoms with Crippen molar-refractivity contribution in [2.24, 2.45) is 5.73 Å². The number of amides is 1. The molecule has 0 spiro atoms. The molecule has 2 rings (SSSR count). The molecule has 1 heterocycles. The van der Waals surface area contributed by atoms with Crippen molar-refractivity contribution < 1.29 is 9.18 Å². The van der Waals surface area contributed by atoms with Crippen molar-refractivity contribution in [1.82, 2.24) is 15.0 Å². The van der Waals surface area contributed by atoms with Crippen LogP contribution in [0.5, 0.6) is 0 Å². The van der Waals surface area contributed by atoms with Crippen LogP contribution >= 0.6 is 0 Å². The predicted octanol–water partition coefficient (Wildman–Crippen LogP) is 0.866. The van der Waals surface area contributed by atoms with Crippen LogP contribution < -0.4 is 11.1 Å². The van der Waals surface area contributed by atoms with Gasteiger partial charge in [-0.05, 0) is 31.2 Å². The Morgan fingerprint density at radius 3 is 3.00 bits per heavy atom. The minimum absolute atomic E-state index is 0.0209. The maximum atomic E-state index is 13.4. The highest BCUT2D eigenvalue weighted by Crippen LogP contribution is 2.13. The molecule has 1 aromatic carbocycles. The lowest BCUT2D eigenvalue weighted by atomic mass is 10.2. The van der Waals surface area contributed by atoms with E-state index in [1.165, 1.54) is 10.7 Å². The number of rotatable bonds is 5. The summed E-state index contributed by atoms with van der Waals surface area (Å²) in [6.45, 7) is 2.16. The second-order valence-electron chi connectivity index (χ2n) is 4.46. The Kier molecular flexibility index (Phi) is 4.41. The Labute approximate surface area is 115 Å². The van der Waals surface area contributed by atoms with E-state index in [1.54, 1.807) is 25.3 Å². The molecule has 0 atom stereocenters. The summed E-state index contributed by atoms with van der Waals surface area (Å²) in [5.74, 6) is -0.647. The van der Waals surface area contributed by atoms with Crippen molar-refractivity contribution in [3.05, 3.63) is 41.5 Å². The van der Waals surface area contributed by atoms with Crippen LogP contribution in [0.1, 0.15) is 11.3 Å². The summed E-state index contributed by atoms with van der Waals surface area (Å²) in [7, 11) is 0. The van der Waals surface area contributed by atoms with Crippen molar-refractivity contribution in [3.8, 4) is 0 Å². The van der Waals surface area contributed by atoms with E-state index in [4.69, 9.17) is 5.73 Å². The number of halogens is 1. The Balaban J connectivity index is 1.95. The van der Waals surface area contributed by atoms with Gasteiger partial charge in [0.2, 0.25) is 5.91 Å². The first-order valence-corrected chi connectivity index (χ1v) is 6.23. The predicted molar refractivity (Wildman–Crippen MR) is 72.5 cm³/mol. The number of nitrogens with two attached hydrogens (primary N) is 1. The number of carbonyl (C=O) groups excluding carboxylic acids is 1. The standard InChI is InChI=1S/C13H16FN5O/c1-9-2-3-10(6-12(9)14)16-13(20)8-19-7-11(4-5-15)17-18-19/h2-3,6-7H,4-5,8,15H2,1H3,(H,16,20). The second-order valence-corrected chi connectivity index (χ2v) is 4.46. The highest BCUT2D eigenvalue weighted by atomic mass is 19.1.